The maximum Gasteiger partial charge on any atom is 0.494 e. The van der Waals surface area contributed by atoms with Crippen LogP contribution in [0.5, 0.6) is 0 Å². The summed E-state index contributed by atoms with van der Waals surface area (Å²) in [6.07, 6.45) is -1.38. The fraction of sp³-hybridized carbons (Fsp3) is 0.394. The Hall–Kier alpha value is -3.80. The number of rotatable bonds is 3. The van der Waals surface area contributed by atoms with E-state index >= 15 is 0 Å². The van der Waals surface area contributed by atoms with Gasteiger partial charge in [-0.05, 0) is 65.2 Å². The van der Waals surface area contributed by atoms with Crippen LogP contribution in [-0.2, 0) is 18.8 Å². The zero-order valence-corrected chi connectivity index (χ0v) is 31.3. The molecule has 0 bridgehead atoms. The molecular weight excluding hydrogens is 741 g/mol. The van der Waals surface area contributed by atoms with E-state index < -0.39 is 42.1 Å². The minimum Gasteiger partial charge on any atom is -0.444 e. The van der Waals surface area contributed by atoms with Gasteiger partial charge in [0, 0.05) is 33.9 Å². The molecule has 1 saturated heterocycles. The fourth-order valence-corrected chi connectivity index (χ4v) is 7.38. The van der Waals surface area contributed by atoms with Gasteiger partial charge in [0.15, 0.2) is 0 Å². The summed E-state index contributed by atoms with van der Waals surface area (Å²) < 4.78 is 51.5. The van der Waals surface area contributed by atoms with E-state index in [0.717, 1.165) is 22.7 Å². The van der Waals surface area contributed by atoms with Crippen molar-refractivity contribution in [3.05, 3.63) is 51.5 Å². The lowest BCUT2D eigenvalue weighted by atomic mass is 9.73. The lowest BCUT2D eigenvalue weighted by Crippen LogP contribution is -2.47. The second-order valence-electron chi connectivity index (χ2n) is 13.8. The van der Waals surface area contributed by atoms with Crippen LogP contribution in [0.3, 0.4) is 0 Å². The fourth-order valence-electron chi connectivity index (χ4n) is 4.58. The molecule has 2 N–H and O–H groups in total. The van der Waals surface area contributed by atoms with Gasteiger partial charge in [-0.3, -0.25) is 10.6 Å². The second-order valence-corrected chi connectivity index (χ2v) is 16.7. The van der Waals surface area contributed by atoms with E-state index in [9.17, 15) is 28.9 Å². The molecule has 1 aliphatic rings. The highest BCUT2D eigenvalue weighted by Crippen LogP contribution is 2.41. The molecule has 16 heteroatoms. The van der Waals surface area contributed by atoms with Gasteiger partial charge < -0.3 is 18.8 Å². The number of ether oxygens (including phenoxy) is 2. The van der Waals surface area contributed by atoms with Crippen LogP contribution in [0, 0.1) is 39.7 Å². The first-order chi connectivity index (χ1) is 22.7. The van der Waals surface area contributed by atoms with Gasteiger partial charge in [0.05, 0.1) is 20.5 Å². The molecule has 5 rings (SSSR count). The van der Waals surface area contributed by atoms with E-state index in [1.807, 2.05) is 19.9 Å². The summed E-state index contributed by atoms with van der Waals surface area (Å²) in [5.41, 5.74) is -0.521. The first-order valence-electron chi connectivity index (χ1n) is 14.9. The minimum atomic E-state index is -0.704. The molecule has 2 aromatic carbocycles. The highest BCUT2D eigenvalue weighted by molar-refractivity contribution is 9.10. The monoisotopic (exact) mass is 774 g/mol. The Bertz CT molecular complexity index is 2000. The quantitative estimate of drug-likeness (QED) is 0.196. The molecule has 0 radical (unpaired) electrons. The van der Waals surface area contributed by atoms with Crippen LogP contribution in [0.4, 0.5) is 28.4 Å². The Morgan fingerprint density at radius 3 is 1.71 bits per heavy atom. The van der Waals surface area contributed by atoms with Gasteiger partial charge in [0.25, 0.3) is 0 Å². The van der Waals surface area contributed by atoms with Crippen molar-refractivity contribution in [1.82, 2.24) is 0 Å². The summed E-state index contributed by atoms with van der Waals surface area (Å²) in [5, 5.41) is 25.4. The molecule has 0 saturated carbocycles. The molecule has 10 nitrogen and oxygen atoms in total. The topological polar surface area (TPSA) is 143 Å². The van der Waals surface area contributed by atoms with Crippen molar-refractivity contribution < 1.29 is 37.2 Å². The number of anilines is 2. The van der Waals surface area contributed by atoms with Crippen LogP contribution in [0.15, 0.2) is 28.7 Å². The molecule has 0 spiro atoms. The van der Waals surface area contributed by atoms with Crippen LogP contribution in [0.25, 0.3) is 20.2 Å². The maximum atomic E-state index is 14.5. The summed E-state index contributed by atoms with van der Waals surface area (Å²) in [4.78, 5) is 23.9. The molecule has 0 unspecified atom stereocenters. The largest absolute Gasteiger partial charge is 0.494 e. The van der Waals surface area contributed by atoms with Crippen LogP contribution in [-0.4, -0.2) is 43.7 Å². The molecular formula is C33H34BBrF2N4O6S2. The van der Waals surface area contributed by atoms with Crippen molar-refractivity contribution in [2.75, 3.05) is 23.8 Å². The van der Waals surface area contributed by atoms with Gasteiger partial charge in [-0.15, -0.1) is 22.7 Å². The summed E-state index contributed by atoms with van der Waals surface area (Å²) in [5.74, 6) is -0.916. The van der Waals surface area contributed by atoms with Crippen molar-refractivity contribution in [3.8, 4) is 12.1 Å². The third kappa shape index (κ3) is 9.26. The van der Waals surface area contributed by atoms with Crippen molar-refractivity contribution >= 4 is 93.5 Å². The Morgan fingerprint density at radius 1 is 0.837 bits per heavy atom. The highest BCUT2D eigenvalue weighted by atomic mass is 79.9. The zero-order valence-electron chi connectivity index (χ0n) is 28.1. The molecule has 49 heavy (non-hydrogen) atoms. The molecule has 4 aromatic rings. The smallest absolute Gasteiger partial charge is 0.444 e. The van der Waals surface area contributed by atoms with Gasteiger partial charge in [-0.2, -0.15) is 10.5 Å². The van der Waals surface area contributed by atoms with Crippen molar-refractivity contribution in [2.45, 2.75) is 66.6 Å². The molecule has 258 valence electrons. The van der Waals surface area contributed by atoms with Crippen molar-refractivity contribution in [1.29, 1.82) is 10.5 Å². The first kappa shape index (κ1) is 38.0. The van der Waals surface area contributed by atoms with Crippen molar-refractivity contribution in [3.63, 3.8) is 0 Å². The number of benzene rings is 2. The predicted molar refractivity (Wildman–Crippen MR) is 191 cm³/mol. The lowest BCUT2D eigenvalue weighted by Gasteiger charge is -2.33. The van der Waals surface area contributed by atoms with Gasteiger partial charge in [0.2, 0.25) is 0 Å². The van der Waals surface area contributed by atoms with Crippen molar-refractivity contribution in [2.24, 2.45) is 5.41 Å². The average Bonchev–Trinajstić information content (AvgIpc) is 3.53. The number of nitrogens with zero attached hydrogens (tertiary/aromatic N) is 2. The number of carbonyl (C=O) groups is 2. The normalized spacial score (nSPS) is 14.3. The Balaban J connectivity index is 0.000000230. The van der Waals surface area contributed by atoms with Crippen LogP contribution in [0.1, 0.15) is 66.5 Å². The lowest BCUT2D eigenvalue weighted by molar-refractivity contribution is 0.0344. The van der Waals surface area contributed by atoms with Crippen LogP contribution >= 0.6 is 38.6 Å². The molecule has 0 aliphatic carbocycles. The van der Waals surface area contributed by atoms with Gasteiger partial charge in [-0.25, -0.2) is 18.4 Å². The molecule has 2 aromatic heterocycles. The van der Waals surface area contributed by atoms with E-state index in [1.165, 1.54) is 18.2 Å². The van der Waals surface area contributed by atoms with E-state index in [0.29, 0.717) is 38.6 Å². The van der Waals surface area contributed by atoms with E-state index in [4.69, 9.17) is 18.8 Å². The van der Waals surface area contributed by atoms with Gasteiger partial charge in [-0.1, -0.05) is 35.8 Å². The Labute approximate surface area is 299 Å². The minimum absolute atomic E-state index is 0.119. The summed E-state index contributed by atoms with van der Waals surface area (Å²) >= 11 is 5.29. The molecule has 0 atom stereocenters. The Morgan fingerprint density at radius 2 is 1.27 bits per heavy atom. The SMILES string of the molecule is CC(C)(C)OC(=O)Nc1sc2c(F)ccc(Br)c2c1C#N.CC1(C)COB(c2ccc(F)c3sc(NC(=O)OC(C)(C)C)c(C#N)c23)OC1. The number of thiophene rings is 2. The second kappa shape index (κ2) is 14.6. The number of hydrogen-bond acceptors (Lipinski definition) is 10. The predicted octanol–water partition coefficient (Wildman–Crippen LogP) is 9.05. The number of amides is 2. The standard InChI is InChI=1S/C19H22BFN2O4S.C14H12BrFN2O2S/c1-18(2,3)27-17(24)23-16-11(8-22)14-12(6-7-13(21)15(14)28-16)20-25-9-19(4,5)10-26-20;1-14(2,3)20-13(19)18-12-7(6-17)10-8(15)4-5-9(16)11(10)21-12/h6-7H,9-10H2,1-5H3,(H,23,24);4-5H,1-3H3,(H,18,19). The number of nitriles is 2. The van der Waals surface area contributed by atoms with Gasteiger partial charge in [0.1, 0.15) is 45.0 Å². The third-order valence-corrected chi connectivity index (χ3v) is 9.41. The van der Waals surface area contributed by atoms with Crippen LogP contribution < -0.4 is 16.1 Å². The molecule has 1 fully saturated rings. The third-order valence-electron chi connectivity index (χ3n) is 6.52. The van der Waals surface area contributed by atoms with E-state index in [1.54, 1.807) is 47.6 Å². The number of nitrogens with one attached hydrogen (secondary N) is 2. The average molecular weight is 776 g/mol. The summed E-state index contributed by atoms with van der Waals surface area (Å²) in [6, 6.07) is 9.79. The van der Waals surface area contributed by atoms with Crippen LogP contribution in [0.2, 0.25) is 0 Å². The number of fused-ring (bicyclic) bond motifs is 2. The summed E-state index contributed by atoms with van der Waals surface area (Å²) in [6.45, 7) is 15.4. The van der Waals surface area contributed by atoms with E-state index in [2.05, 4.69) is 32.6 Å². The highest BCUT2D eigenvalue weighted by Gasteiger charge is 2.36. The number of hydrogen-bond donors (Lipinski definition) is 2. The first-order valence-corrected chi connectivity index (χ1v) is 17.3. The molecule has 3 heterocycles. The summed E-state index contributed by atoms with van der Waals surface area (Å²) in [7, 11) is -0.702. The van der Waals surface area contributed by atoms with E-state index in [-0.39, 0.29) is 31.2 Å². The molecule has 2 amide bonds. The Kier molecular flexibility index (Phi) is 11.3. The zero-order chi connectivity index (χ0) is 36.5. The molecule has 1 aliphatic heterocycles. The van der Waals surface area contributed by atoms with Gasteiger partial charge >= 0.3 is 19.3 Å². The number of halogens is 3. The maximum absolute atomic E-state index is 14.5. The number of carbonyl (C=O) groups excluding carboxylic acids is 2.